The molecule has 156 valence electrons. The first-order chi connectivity index (χ1) is 13.5. The Kier molecular flexibility index (Phi) is 6.97. The van der Waals surface area contributed by atoms with Crippen LogP contribution in [0.3, 0.4) is 0 Å². The normalized spacial score (nSPS) is 28.4. The van der Waals surface area contributed by atoms with Crippen molar-refractivity contribution in [1.82, 2.24) is 19.8 Å². The van der Waals surface area contributed by atoms with Crippen LogP contribution in [0.2, 0.25) is 0 Å². The molecule has 11 nitrogen and oxygen atoms in total. The van der Waals surface area contributed by atoms with Crippen LogP contribution in [0.15, 0.2) is 21.9 Å². The summed E-state index contributed by atoms with van der Waals surface area (Å²) in [6, 6.07) is 1.12. The maximum atomic E-state index is 12.0. The molecule has 3 rings (SSSR count). The van der Waals surface area contributed by atoms with E-state index in [2.05, 4.69) is 15.2 Å². The summed E-state index contributed by atoms with van der Waals surface area (Å²) >= 11 is 0. The lowest BCUT2D eigenvalue weighted by Gasteiger charge is -2.26. The SMILES string of the molecule is O=C(CC[C@H]1O[C@@H](n2ccc(=O)[nH]c2=O)[C@H](O)[C@@H]1O)NCCN1CCOCC1. The number of carbonyl (C=O) groups excluding carboxylic acids is 1. The smallest absolute Gasteiger partial charge is 0.330 e. The van der Waals surface area contributed by atoms with Crippen molar-refractivity contribution in [2.24, 2.45) is 0 Å². The zero-order valence-electron chi connectivity index (χ0n) is 15.5. The molecule has 1 aromatic heterocycles. The predicted octanol–water partition coefficient (Wildman–Crippen LogP) is -2.62. The van der Waals surface area contributed by atoms with Crippen LogP contribution >= 0.6 is 0 Å². The Hall–Kier alpha value is -2.05. The minimum Gasteiger partial charge on any atom is -0.388 e. The van der Waals surface area contributed by atoms with E-state index in [-0.39, 0.29) is 18.7 Å². The maximum Gasteiger partial charge on any atom is 0.330 e. The molecule has 3 heterocycles. The van der Waals surface area contributed by atoms with E-state index in [1.54, 1.807) is 0 Å². The van der Waals surface area contributed by atoms with E-state index in [4.69, 9.17) is 9.47 Å². The van der Waals surface area contributed by atoms with E-state index in [0.29, 0.717) is 19.8 Å². The van der Waals surface area contributed by atoms with Crippen molar-refractivity contribution in [2.75, 3.05) is 39.4 Å². The van der Waals surface area contributed by atoms with Crippen LogP contribution in [0.25, 0.3) is 0 Å². The maximum absolute atomic E-state index is 12.0. The molecule has 0 aromatic carbocycles. The van der Waals surface area contributed by atoms with Crippen molar-refractivity contribution in [1.29, 1.82) is 0 Å². The Labute approximate surface area is 160 Å². The predicted molar refractivity (Wildman–Crippen MR) is 96.7 cm³/mol. The second-order valence-corrected chi connectivity index (χ2v) is 6.91. The van der Waals surface area contributed by atoms with Gasteiger partial charge in [-0.3, -0.25) is 24.0 Å². The van der Waals surface area contributed by atoms with Gasteiger partial charge in [0, 0.05) is 44.9 Å². The molecule has 28 heavy (non-hydrogen) atoms. The van der Waals surface area contributed by atoms with Gasteiger partial charge in [-0.15, -0.1) is 0 Å². The van der Waals surface area contributed by atoms with Gasteiger partial charge < -0.3 is 25.0 Å². The van der Waals surface area contributed by atoms with Crippen LogP contribution in [0, 0.1) is 0 Å². The molecular weight excluding hydrogens is 372 g/mol. The average Bonchev–Trinajstić information content (AvgIpc) is 2.96. The highest BCUT2D eigenvalue weighted by Gasteiger charge is 2.43. The number of H-pyrrole nitrogens is 1. The van der Waals surface area contributed by atoms with Gasteiger partial charge in [0.1, 0.15) is 12.2 Å². The first-order valence-corrected chi connectivity index (χ1v) is 9.35. The zero-order chi connectivity index (χ0) is 20.1. The molecule has 1 aromatic rings. The second-order valence-electron chi connectivity index (χ2n) is 6.91. The van der Waals surface area contributed by atoms with Gasteiger partial charge in [-0.2, -0.15) is 0 Å². The summed E-state index contributed by atoms with van der Waals surface area (Å²) in [6.45, 7) is 4.36. The fraction of sp³-hybridized carbons (Fsp3) is 0.706. The van der Waals surface area contributed by atoms with Gasteiger partial charge in [-0.1, -0.05) is 0 Å². The minimum atomic E-state index is -1.35. The summed E-state index contributed by atoms with van der Waals surface area (Å²) < 4.78 is 11.9. The molecule has 0 spiro atoms. The standard InChI is InChI=1S/C17H26N4O7/c22-12(18-4-6-20-7-9-27-10-8-20)2-1-11-14(24)15(25)16(28-11)21-5-3-13(23)19-17(21)26/h3,5,11,14-16,24-25H,1-2,4,6-10H2,(H,18,22)(H,19,23,26)/t11-,14-,15-,16-/m1/s1. The summed E-state index contributed by atoms with van der Waals surface area (Å²) in [4.78, 5) is 39.3. The molecule has 0 saturated carbocycles. The topological polar surface area (TPSA) is 146 Å². The summed E-state index contributed by atoms with van der Waals surface area (Å²) in [5.41, 5.74) is -1.31. The Morgan fingerprint density at radius 1 is 1.25 bits per heavy atom. The summed E-state index contributed by atoms with van der Waals surface area (Å²) in [7, 11) is 0. The summed E-state index contributed by atoms with van der Waals surface area (Å²) in [5.74, 6) is -0.178. The number of morpholine rings is 1. The van der Waals surface area contributed by atoms with Gasteiger partial charge in [-0.25, -0.2) is 4.79 Å². The molecule has 0 bridgehead atoms. The van der Waals surface area contributed by atoms with Gasteiger partial charge in [0.2, 0.25) is 5.91 Å². The first-order valence-electron chi connectivity index (χ1n) is 9.35. The Bertz CT molecular complexity index is 773. The van der Waals surface area contributed by atoms with Gasteiger partial charge in [0.05, 0.1) is 19.3 Å². The van der Waals surface area contributed by atoms with Crippen molar-refractivity contribution in [3.05, 3.63) is 33.1 Å². The van der Waals surface area contributed by atoms with Crippen molar-refractivity contribution < 1.29 is 24.5 Å². The number of nitrogens with zero attached hydrogens (tertiary/aromatic N) is 2. The molecule has 0 aliphatic carbocycles. The molecule has 1 amide bonds. The molecule has 4 N–H and O–H groups in total. The van der Waals surface area contributed by atoms with E-state index >= 15 is 0 Å². The number of hydrogen-bond acceptors (Lipinski definition) is 8. The van der Waals surface area contributed by atoms with E-state index < -0.39 is 35.8 Å². The number of nitrogens with one attached hydrogen (secondary N) is 2. The lowest BCUT2D eigenvalue weighted by atomic mass is 10.1. The van der Waals surface area contributed by atoms with Crippen LogP contribution in [-0.4, -0.2) is 88.3 Å². The number of aliphatic hydroxyl groups excluding tert-OH is 2. The largest absolute Gasteiger partial charge is 0.388 e. The fourth-order valence-corrected chi connectivity index (χ4v) is 3.37. The molecule has 2 aliphatic heterocycles. The number of aromatic amines is 1. The third kappa shape index (κ3) is 5.06. The zero-order valence-corrected chi connectivity index (χ0v) is 15.5. The van der Waals surface area contributed by atoms with Crippen LogP contribution in [0.1, 0.15) is 19.1 Å². The monoisotopic (exact) mass is 398 g/mol. The van der Waals surface area contributed by atoms with Gasteiger partial charge >= 0.3 is 5.69 Å². The molecule has 0 radical (unpaired) electrons. The van der Waals surface area contributed by atoms with Crippen molar-refractivity contribution in [3.63, 3.8) is 0 Å². The van der Waals surface area contributed by atoms with Crippen LogP contribution < -0.4 is 16.6 Å². The molecule has 0 unspecified atom stereocenters. The van der Waals surface area contributed by atoms with Gasteiger partial charge in [0.15, 0.2) is 6.23 Å². The number of ether oxygens (including phenoxy) is 2. The summed E-state index contributed by atoms with van der Waals surface area (Å²) in [5, 5.41) is 23.2. The quantitative estimate of drug-likeness (QED) is 0.391. The number of aliphatic hydroxyl groups is 2. The fourth-order valence-electron chi connectivity index (χ4n) is 3.37. The molecule has 2 fully saturated rings. The van der Waals surface area contributed by atoms with Crippen LogP contribution in [-0.2, 0) is 14.3 Å². The molecule has 4 atom stereocenters. The summed E-state index contributed by atoms with van der Waals surface area (Å²) in [6.07, 6.45) is -3.02. The third-order valence-corrected chi connectivity index (χ3v) is 4.97. The number of carbonyl (C=O) groups is 1. The van der Waals surface area contributed by atoms with Crippen LogP contribution in [0.5, 0.6) is 0 Å². The molecule has 11 heteroatoms. The number of aromatic nitrogens is 2. The molecule has 2 saturated heterocycles. The van der Waals surface area contributed by atoms with Crippen LogP contribution in [0.4, 0.5) is 0 Å². The van der Waals surface area contributed by atoms with Crippen molar-refractivity contribution >= 4 is 5.91 Å². The van der Waals surface area contributed by atoms with E-state index in [1.807, 2.05) is 0 Å². The van der Waals surface area contributed by atoms with Crippen molar-refractivity contribution in [2.45, 2.75) is 37.4 Å². The van der Waals surface area contributed by atoms with Gasteiger partial charge in [-0.05, 0) is 6.42 Å². The Morgan fingerprint density at radius 2 is 2.00 bits per heavy atom. The lowest BCUT2D eigenvalue weighted by molar-refractivity contribution is -0.122. The third-order valence-electron chi connectivity index (χ3n) is 4.97. The number of amides is 1. The molecular formula is C17H26N4O7. The second kappa shape index (κ2) is 9.43. The Morgan fingerprint density at radius 3 is 2.71 bits per heavy atom. The number of rotatable bonds is 7. The highest BCUT2D eigenvalue weighted by molar-refractivity contribution is 5.75. The molecule has 2 aliphatic rings. The highest BCUT2D eigenvalue weighted by atomic mass is 16.6. The van der Waals surface area contributed by atoms with Crippen molar-refractivity contribution in [3.8, 4) is 0 Å². The average molecular weight is 398 g/mol. The minimum absolute atomic E-state index is 0.116. The van der Waals surface area contributed by atoms with E-state index in [1.165, 1.54) is 6.20 Å². The highest BCUT2D eigenvalue weighted by Crippen LogP contribution is 2.30. The van der Waals surface area contributed by atoms with E-state index in [9.17, 15) is 24.6 Å². The van der Waals surface area contributed by atoms with Gasteiger partial charge in [0.25, 0.3) is 5.56 Å². The Balaban J connectivity index is 1.45. The lowest BCUT2D eigenvalue weighted by Crippen LogP contribution is -2.41. The number of hydrogen-bond donors (Lipinski definition) is 4. The van der Waals surface area contributed by atoms with E-state index in [0.717, 1.165) is 30.3 Å². The first kappa shape index (κ1) is 20.7.